The van der Waals surface area contributed by atoms with Crippen molar-refractivity contribution in [1.82, 2.24) is 0 Å². The Morgan fingerprint density at radius 1 is 0.327 bits per heavy atom. The van der Waals surface area contributed by atoms with Crippen molar-refractivity contribution < 1.29 is 4.42 Å². The van der Waals surface area contributed by atoms with Gasteiger partial charge in [0.05, 0.1) is 11.4 Å². The molecule has 0 saturated carbocycles. The van der Waals surface area contributed by atoms with Gasteiger partial charge in [0.15, 0.2) is 0 Å². The second kappa shape index (κ2) is 12.5. The van der Waals surface area contributed by atoms with E-state index in [1.54, 1.807) is 0 Å². The monoisotopic (exact) mass is 663 g/mol. The maximum atomic E-state index is 6.43. The molecule has 0 atom stereocenters. The Hall–Kier alpha value is -6.90. The number of rotatable bonds is 6. The molecular weight excluding hydrogens is 631 g/mol. The lowest BCUT2D eigenvalue weighted by atomic mass is 9.96. The average Bonchev–Trinajstić information content (AvgIpc) is 3.60. The molecular formula is C50H33NO. The minimum absolute atomic E-state index is 0.906. The summed E-state index contributed by atoms with van der Waals surface area (Å²) < 4.78 is 6.43. The first-order valence-electron chi connectivity index (χ1n) is 17.8. The highest BCUT2D eigenvalue weighted by molar-refractivity contribution is 6.09. The van der Waals surface area contributed by atoms with Crippen LogP contribution in [0.15, 0.2) is 205 Å². The van der Waals surface area contributed by atoms with Gasteiger partial charge in [-0.15, -0.1) is 0 Å². The van der Waals surface area contributed by atoms with Crippen molar-refractivity contribution >= 4 is 60.5 Å². The van der Waals surface area contributed by atoms with Crippen LogP contribution in [0.3, 0.4) is 0 Å². The normalized spacial score (nSPS) is 11.5. The number of hydrogen-bond acceptors (Lipinski definition) is 2. The molecule has 0 bridgehead atoms. The Morgan fingerprint density at radius 2 is 0.808 bits per heavy atom. The van der Waals surface area contributed by atoms with Crippen LogP contribution >= 0.6 is 0 Å². The van der Waals surface area contributed by atoms with Gasteiger partial charge in [-0.25, -0.2) is 0 Å². The smallest absolute Gasteiger partial charge is 0.143 e. The van der Waals surface area contributed by atoms with Gasteiger partial charge < -0.3 is 9.32 Å². The van der Waals surface area contributed by atoms with Crippen LogP contribution in [0, 0.1) is 0 Å². The molecule has 2 heteroatoms. The van der Waals surface area contributed by atoms with Crippen molar-refractivity contribution in [1.29, 1.82) is 0 Å². The molecule has 0 aliphatic rings. The van der Waals surface area contributed by atoms with E-state index in [1.807, 2.05) is 12.1 Å². The number of anilines is 3. The zero-order valence-corrected chi connectivity index (χ0v) is 28.4. The minimum atomic E-state index is 0.906. The van der Waals surface area contributed by atoms with E-state index in [0.29, 0.717) is 0 Å². The molecule has 1 heterocycles. The predicted molar refractivity (Wildman–Crippen MR) is 220 cm³/mol. The Bertz CT molecular complexity index is 2790. The van der Waals surface area contributed by atoms with E-state index in [1.165, 1.54) is 32.7 Å². The van der Waals surface area contributed by atoms with E-state index < -0.39 is 0 Å². The maximum Gasteiger partial charge on any atom is 0.143 e. The van der Waals surface area contributed by atoms with Crippen LogP contribution in [-0.4, -0.2) is 0 Å². The Balaban J connectivity index is 1.16. The van der Waals surface area contributed by atoms with Crippen molar-refractivity contribution in [3.63, 3.8) is 0 Å². The highest BCUT2D eigenvalue weighted by Gasteiger charge is 2.21. The summed E-state index contributed by atoms with van der Waals surface area (Å²) in [5.41, 5.74) is 12.0. The third kappa shape index (κ3) is 5.12. The molecule has 0 amide bonds. The van der Waals surface area contributed by atoms with E-state index in [-0.39, 0.29) is 0 Å². The van der Waals surface area contributed by atoms with Crippen molar-refractivity contribution in [3.8, 4) is 33.4 Å². The zero-order valence-electron chi connectivity index (χ0n) is 28.4. The highest BCUT2D eigenvalue weighted by Crippen LogP contribution is 2.46. The first-order chi connectivity index (χ1) is 25.8. The molecule has 10 rings (SSSR count). The predicted octanol–water partition coefficient (Wildman–Crippen LogP) is 14.4. The number of furan rings is 1. The van der Waals surface area contributed by atoms with Crippen LogP contribution in [-0.2, 0) is 0 Å². The number of benzene rings is 9. The first-order valence-corrected chi connectivity index (χ1v) is 17.8. The second-order valence-electron chi connectivity index (χ2n) is 13.3. The highest BCUT2D eigenvalue weighted by atomic mass is 16.3. The summed E-state index contributed by atoms with van der Waals surface area (Å²) in [4.78, 5) is 2.42. The maximum absolute atomic E-state index is 6.43. The van der Waals surface area contributed by atoms with E-state index >= 15 is 0 Å². The minimum Gasteiger partial charge on any atom is -0.455 e. The first kappa shape index (κ1) is 30.0. The van der Waals surface area contributed by atoms with Gasteiger partial charge in [0.2, 0.25) is 0 Å². The summed E-state index contributed by atoms with van der Waals surface area (Å²) in [5.74, 6) is 0. The molecule has 52 heavy (non-hydrogen) atoms. The van der Waals surface area contributed by atoms with Gasteiger partial charge in [-0.1, -0.05) is 158 Å². The molecule has 1 aromatic heterocycles. The quantitative estimate of drug-likeness (QED) is 0.176. The number of nitrogens with zero attached hydrogens (tertiary/aromatic N) is 1. The molecule has 9 aromatic carbocycles. The van der Waals surface area contributed by atoms with Crippen molar-refractivity contribution in [3.05, 3.63) is 200 Å². The SMILES string of the molecule is c1ccc(N(c2ccc(-c3cccc4c3oc3ccccc34)cc2)c2ccccc2-c2ccc3ccccc3c2)c(-c2ccc3ccccc3c2)c1. The molecule has 10 aromatic rings. The van der Waals surface area contributed by atoms with Gasteiger partial charge in [0.25, 0.3) is 0 Å². The van der Waals surface area contributed by atoms with Crippen LogP contribution in [0.5, 0.6) is 0 Å². The lowest BCUT2D eigenvalue weighted by Crippen LogP contribution is -2.12. The Labute approximate surface area is 302 Å². The molecule has 0 saturated heterocycles. The summed E-state index contributed by atoms with van der Waals surface area (Å²) in [6.07, 6.45) is 0. The third-order valence-electron chi connectivity index (χ3n) is 10.3. The summed E-state index contributed by atoms with van der Waals surface area (Å²) in [6, 6.07) is 71.8. The largest absolute Gasteiger partial charge is 0.455 e. The van der Waals surface area contributed by atoms with E-state index in [9.17, 15) is 0 Å². The van der Waals surface area contributed by atoms with Gasteiger partial charge in [-0.05, 0) is 80.7 Å². The number of fused-ring (bicyclic) bond motifs is 5. The lowest BCUT2D eigenvalue weighted by Gasteiger charge is -2.30. The second-order valence-corrected chi connectivity index (χ2v) is 13.3. The van der Waals surface area contributed by atoms with Crippen LogP contribution in [0.25, 0.3) is 76.9 Å². The number of para-hydroxylation sites is 4. The topological polar surface area (TPSA) is 16.4 Å². The molecule has 0 unspecified atom stereocenters. The third-order valence-corrected chi connectivity index (χ3v) is 10.3. The fourth-order valence-corrected chi connectivity index (χ4v) is 7.71. The average molecular weight is 664 g/mol. The van der Waals surface area contributed by atoms with Crippen LogP contribution in [0.4, 0.5) is 17.1 Å². The standard InChI is InChI=1S/C50H33NO/c1-3-14-37-32-39(26-24-34(37)12-1)42-16-5-8-21-47(42)51(48-22-9-6-17-43(48)40-27-25-35-13-2-4-15-38(35)33-40)41-30-28-36(29-31-41)44-19-11-20-46-45-18-7-10-23-49(45)52-50(44)46/h1-33H. The molecule has 0 spiro atoms. The van der Waals surface area contributed by atoms with Crippen LogP contribution < -0.4 is 4.90 Å². The summed E-state index contributed by atoms with van der Waals surface area (Å²) >= 11 is 0. The van der Waals surface area contributed by atoms with Crippen LogP contribution in [0.1, 0.15) is 0 Å². The molecule has 244 valence electrons. The number of hydrogen-bond donors (Lipinski definition) is 0. The Morgan fingerprint density at radius 3 is 1.44 bits per heavy atom. The summed E-state index contributed by atoms with van der Waals surface area (Å²) in [5, 5.41) is 7.18. The molecule has 0 N–H and O–H groups in total. The summed E-state index contributed by atoms with van der Waals surface area (Å²) in [6.45, 7) is 0. The van der Waals surface area contributed by atoms with Crippen LogP contribution in [0.2, 0.25) is 0 Å². The zero-order chi connectivity index (χ0) is 34.4. The molecule has 0 fully saturated rings. The molecule has 0 aliphatic carbocycles. The van der Waals surface area contributed by atoms with Gasteiger partial charge >= 0.3 is 0 Å². The van der Waals surface area contributed by atoms with Gasteiger partial charge in [-0.3, -0.25) is 0 Å². The van der Waals surface area contributed by atoms with Crippen molar-refractivity contribution in [2.24, 2.45) is 0 Å². The van der Waals surface area contributed by atoms with Gasteiger partial charge in [0.1, 0.15) is 11.2 Å². The van der Waals surface area contributed by atoms with E-state index in [2.05, 4.69) is 193 Å². The fraction of sp³-hybridized carbons (Fsp3) is 0. The molecule has 0 radical (unpaired) electrons. The Kier molecular flexibility index (Phi) is 7.18. The molecule has 0 aliphatic heterocycles. The van der Waals surface area contributed by atoms with Crippen molar-refractivity contribution in [2.75, 3.05) is 4.90 Å². The lowest BCUT2D eigenvalue weighted by molar-refractivity contribution is 0.670. The van der Waals surface area contributed by atoms with Crippen molar-refractivity contribution in [2.45, 2.75) is 0 Å². The van der Waals surface area contributed by atoms with E-state index in [0.717, 1.165) is 61.3 Å². The van der Waals surface area contributed by atoms with Gasteiger partial charge in [0, 0.05) is 33.2 Å². The molecule has 2 nitrogen and oxygen atoms in total. The van der Waals surface area contributed by atoms with Gasteiger partial charge in [-0.2, -0.15) is 0 Å². The van der Waals surface area contributed by atoms with E-state index in [4.69, 9.17) is 4.42 Å². The summed E-state index contributed by atoms with van der Waals surface area (Å²) in [7, 11) is 0. The fourth-order valence-electron chi connectivity index (χ4n) is 7.71.